The number of rotatable bonds is 19. The Hall–Kier alpha value is -5.15. The first-order chi connectivity index (χ1) is 35.6. The summed E-state index contributed by atoms with van der Waals surface area (Å²) in [4.78, 5) is 96.1. The first-order valence-corrected chi connectivity index (χ1v) is 27.6. The quantitative estimate of drug-likeness (QED) is 0.0269. The molecule has 6 aromatic heterocycles. The Bertz CT molecular complexity index is 3510. The molecule has 0 saturated carbocycles. The Kier molecular flexibility index (Phi) is 15.1. The van der Waals surface area contributed by atoms with Crippen LogP contribution in [-0.4, -0.2) is 175 Å². The van der Waals surface area contributed by atoms with Crippen molar-refractivity contribution >= 4 is 82.5 Å². The van der Waals surface area contributed by atoms with Gasteiger partial charge >= 0.3 is 36.9 Å². The molecule has 43 heteroatoms. The van der Waals surface area contributed by atoms with Gasteiger partial charge in [0, 0.05) is 7.11 Å². The minimum absolute atomic E-state index is 0.00388. The van der Waals surface area contributed by atoms with Gasteiger partial charge in [-0.2, -0.15) is 23.2 Å². The number of H-pyrrole nitrogens is 2. The number of aliphatic hydroxyl groups excluding tert-OH is 4. The van der Waals surface area contributed by atoms with E-state index in [1.165, 1.54) is 22.5 Å². The van der Waals surface area contributed by atoms with Crippen molar-refractivity contribution in [2.45, 2.75) is 86.6 Å². The van der Waals surface area contributed by atoms with Crippen molar-refractivity contribution in [3.8, 4) is 0 Å². The summed E-state index contributed by atoms with van der Waals surface area (Å²) in [6.45, 7) is -1.16. The Morgan fingerprint density at radius 1 is 0.684 bits per heavy atom. The molecule has 9 rings (SSSR count). The zero-order valence-electron chi connectivity index (χ0n) is 38.8. The second-order valence-corrected chi connectivity index (χ2v) is 22.9. The predicted molar refractivity (Wildman–Crippen MR) is 244 cm³/mol. The van der Waals surface area contributed by atoms with Gasteiger partial charge < -0.3 is 76.1 Å². The molecular weight excluding hydrogens is 1110 g/mol. The minimum atomic E-state index is -6.23. The summed E-state index contributed by atoms with van der Waals surface area (Å²) in [5.41, 5.74) is 15.4. The molecule has 39 nitrogen and oxygen atoms in total. The Labute approximate surface area is 421 Å². The summed E-state index contributed by atoms with van der Waals surface area (Å²) in [7, 11) is -21.1. The van der Waals surface area contributed by atoms with Crippen LogP contribution in [0.4, 0.5) is 17.7 Å². The van der Waals surface area contributed by atoms with Crippen LogP contribution in [0.1, 0.15) is 25.6 Å². The van der Waals surface area contributed by atoms with Crippen molar-refractivity contribution in [2.24, 2.45) is 7.05 Å². The standard InChI is InChI=1S/C33H45N15O24P4/c1-10(69-75(59,60)72-76(61,62)71-74(57,58)65-5-12-17(50)19(52)30(67-12)48-9-45(2)15-26(48)42-33(36)44-28(15)54)20-21(22(63-3)31(68-20)46-7-39-13-23(34)37-6-38-24(13)46)70-73(55,56)64-4-11-16(49)18(51)29(66-11)47-8-40-14-25(47)41-32(35)43-27(14)53/h6-12,16-22,29-31,49-52H,4-5H2,1-3H3,(H11-,34,35,36,37,38,41,42,43,44,53,54,55,56,57,58,59,60,61,62)/p+1/t10-,11+,12+,16+,17+,18+,19+,20?,21+,22+,29+,30+,31+/m0/s1. The number of anilines is 3. The molecule has 0 bridgehead atoms. The first-order valence-electron chi connectivity index (χ1n) is 21.6. The third kappa shape index (κ3) is 10.9. The highest BCUT2D eigenvalue weighted by molar-refractivity contribution is 7.66. The molecule has 17 atom stereocenters. The van der Waals surface area contributed by atoms with Crippen LogP contribution in [0.3, 0.4) is 0 Å². The van der Waals surface area contributed by atoms with E-state index in [4.69, 9.17) is 54.2 Å². The van der Waals surface area contributed by atoms with E-state index in [0.29, 0.717) is 0 Å². The van der Waals surface area contributed by atoms with E-state index in [0.717, 1.165) is 42.1 Å². The van der Waals surface area contributed by atoms with Crippen LogP contribution in [0.2, 0.25) is 0 Å². The van der Waals surface area contributed by atoms with E-state index in [1.54, 1.807) is 0 Å². The van der Waals surface area contributed by atoms with Crippen molar-refractivity contribution in [3.63, 3.8) is 0 Å². The molecule has 16 N–H and O–H groups in total. The van der Waals surface area contributed by atoms with Crippen LogP contribution in [-0.2, 0) is 71.0 Å². The number of imidazole rings is 3. The van der Waals surface area contributed by atoms with Gasteiger partial charge in [0.25, 0.3) is 16.7 Å². The molecule has 3 aliphatic heterocycles. The van der Waals surface area contributed by atoms with Crippen molar-refractivity contribution in [1.82, 2.24) is 53.6 Å². The molecule has 0 aliphatic carbocycles. The zero-order chi connectivity index (χ0) is 55.1. The molecule has 0 spiro atoms. The SMILES string of the molecule is CO[C@@H]1[C@H](OP(=O)(O)OC[C@H]2O[C@@H](n3cnc4c(=O)[nH]c(N)nc43)[C@H](O)[C@@H]2O)C([C@H](C)OP(=O)(O)OP(=O)(O)OP(=O)(O)OC[C@H]2O[C@@H](n3c[n+](C)c4c(=O)[nH]c(N)nc43)[C@H](O)[C@@H]2O)O[C@H]1n1cnc2c(N)ncnc21. The summed E-state index contributed by atoms with van der Waals surface area (Å²) in [5.74, 6) is -0.719. The maximum absolute atomic E-state index is 13.8. The number of aliphatic hydroxyl groups is 4. The average Bonchev–Trinajstić information content (AvgIpc) is 4.19. The Balaban J connectivity index is 0.877. The molecule has 5 unspecified atom stereocenters. The topological polar surface area (TPSA) is 562 Å². The maximum atomic E-state index is 13.8. The van der Waals surface area contributed by atoms with Crippen molar-refractivity contribution in [2.75, 3.05) is 37.5 Å². The lowest BCUT2D eigenvalue weighted by molar-refractivity contribution is -0.646. The molecule has 0 aromatic carbocycles. The summed E-state index contributed by atoms with van der Waals surface area (Å²) in [5, 5.41) is 43.3. The van der Waals surface area contributed by atoms with Gasteiger partial charge in [-0.25, -0.2) is 42.8 Å². The fourth-order valence-corrected chi connectivity index (χ4v) is 13.2. The predicted octanol–water partition coefficient (Wildman–Crippen LogP) is -4.32. The number of methoxy groups -OCH3 is 1. The number of nitrogens with zero attached hydrogens (tertiary/aromatic N) is 10. The second-order valence-electron chi connectivity index (χ2n) is 16.9. The summed E-state index contributed by atoms with van der Waals surface area (Å²) in [6, 6.07) is 0. The van der Waals surface area contributed by atoms with Crippen LogP contribution in [0.25, 0.3) is 33.5 Å². The van der Waals surface area contributed by atoms with Gasteiger partial charge in [-0.15, -0.1) is 0 Å². The number of nitrogen functional groups attached to an aromatic ring is 3. The molecule has 76 heavy (non-hydrogen) atoms. The number of nitrogens with one attached hydrogen (secondary N) is 2. The van der Waals surface area contributed by atoms with Crippen molar-refractivity contribution in [3.05, 3.63) is 46.0 Å². The summed E-state index contributed by atoms with van der Waals surface area (Å²) < 4.78 is 110. The van der Waals surface area contributed by atoms with Crippen LogP contribution < -0.4 is 32.9 Å². The van der Waals surface area contributed by atoms with E-state index in [1.807, 2.05) is 0 Å². The monoisotopic (exact) mass is 1160 g/mol. The fourth-order valence-electron chi connectivity index (χ4n) is 8.58. The smallest absolute Gasteiger partial charge is 0.387 e. The van der Waals surface area contributed by atoms with Gasteiger partial charge in [0.1, 0.15) is 66.8 Å². The van der Waals surface area contributed by atoms with Crippen LogP contribution >= 0.6 is 31.3 Å². The van der Waals surface area contributed by atoms with E-state index < -0.39 is 135 Å². The number of phosphoric ester groups is 3. The lowest BCUT2D eigenvalue weighted by atomic mass is 10.1. The molecule has 9 heterocycles. The average molecular weight is 1160 g/mol. The molecular formula is C33H46N15O24P4+. The molecule has 0 radical (unpaired) electrons. The Morgan fingerprint density at radius 3 is 1.87 bits per heavy atom. The van der Waals surface area contributed by atoms with Crippen molar-refractivity contribution < 1.29 is 108 Å². The van der Waals surface area contributed by atoms with Crippen LogP contribution in [0, 0.1) is 0 Å². The zero-order valence-corrected chi connectivity index (χ0v) is 42.4. The van der Waals surface area contributed by atoms with Gasteiger partial charge in [-0.3, -0.25) is 46.8 Å². The van der Waals surface area contributed by atoms with E-state index >= 15 is 0 Å². The largest absolute Gasteiger partial charge is 0.490 e. The highest BCUT2D eigenvalue weighted by Crippen LogP contribution is 2.68. The van der Waals surface area contributed by atoms with Crippen LogP contribution in [0.15, 0.2) is 34.9 Å². The van der Waals surface area contributed by atoms with Crippen molar-refractivity contribution in [1.29, 1.82) is 0 Å². The van der Waals surface area contributed by atoms with Gasteiger partial charge in [-0.05, 0) is 6.92 Å². The van der Waals surface area contributed by atoms with Gasteiger partial charge in [0.05, 0.1) is 39.0 Å². The van der Waals surface area contributed by atoms with Gasteiger partial charge in [0.2, 0.25) is 24.5 Å². The van der Waals surface area contributed by atoms with Gasteiger partial charge in [0.15, 0.2) is 35.1 Å². The number of hydrogen-bond donors (Lipinski definition) is 13. The van der Waals surface area contributed by atoms with E-state index in [9.17, 15) is 67.8 Å². The fraction of sp³-hybridized carbons (Fsp3) is 0.545. The first kappa shape index (κ1) is 55.6. The number of phosphoric acid groups is 4. The molecule has 0 amide bonds. The molecule has 3 saturated heterocycles. The van der Waals surface area contributed by atoms with Crippen LogP contribution in [0.5, 0.6) is 0 Å². The van der Waals surface area contributed by atoms with E-state index in [2.05, 4.69) is 48.5 Å². The second kappa shape index (κ2) is 20.6. The summed E-state index contributed by atoms with van der Waals surface area (Å²) >= 11 is 0. The minimum Gasteiger partial charge on any atom is -0.387 e. The molecule has 6 aromatic rings. The third-order valence-electron chi connectivity index (χ3n) is 11.9. The van der Waals surface area contributed by atoms with Gasteiger partial charge in [-0.1, -0.05) is 0 Å². The number of hydrogen-bond acceptors (Lipinski definition) is 29. The lowest BCUT2D eigenvalue weighted by Crippen LogP contribution is -2.41. The highest BCUT2D eigenvalue weighted by atomic mass is 31.3. The number of ether oxygens (including phenoxy) is 4. The molecule has 416 valence electrons. The molecule has 3 aliphatic rings. The number of aromatic nitrogens is 12. The third-order valence-corrected chi connectivity index (χ3v) is 17.2. The Morgan fingerprint density at radius 2 is 1.24 bits per heavy atom. The maximum Gasteiger partial charge on any atom is 0.490 e. The number of fused-ring (bicyclic) bond motifs is 3. The highest BCUT2D eigenvalue weighted by Gasteiger charge is 2.56. The number of nitrogens with two attached hydrogens (primary N) is 3. The van der Waals surface area contributed by atoms with E-state index in [-0.39, 0.29) is 51.2 Å². The normalized spacial score (nSPS) is 30.7. The lowest BCUT2D eigenvalue weighted by Gasteiger charge is -2.29. The molecule has 3 fully saturated rings. The number of aryl methyl sites for hydroxylation is 1. The number of aromatic amines is 2. The summed E-state index contributed by atoms with van der Waals surface area (Å²) in [6.07, 6.45) is -17.9.